The number of fused-ring (bicyclic) bond motifs is 2. The minimum Gasteiger partial charge on any atom is -0.477 e. The number of alkyl halides is 3. The Morgan fingerprint density at radius 1 is 0.854 bits per heavy atom. The number of thioether (sulfide) groups is 4. The van der Waals surface area contributed by atoms with Gasteiger partial charge in [0.15, 0.2) is 8.68 Å². The molecule has 2 amide bonds. The molecule has 0 saturated carbocycles. The van der Waals surface area contributed by atoms with Crippen molar-refractivity contribution >= 4 is 93.5 Å². The smallest absolute Gasteiger partial charge is 0.445 e. The van der Waals surface area contributed by atoms with Gasteiger partial charge >= 0.3 is 18.1 Å². The van der Waals surface area contributed by atoms with E-state index in [1.54, 1.807) is 11.3 Å². The largest absolute Gasteiger partial charge is 0.477 e. The van der Waals surface area contributed by atoms with Gasteiger partial charge in [-0.15, -0.1) is 43.9 Å². The molecule has 14 nitrogen and oxygen atoms in total. The lowest BCUT2D eigenvalue weighted by Gasteiger charge is -2.48. The topological polar surface area (TPSA) is 219 Å². The molecule has 0 aliphatic carbocycles. The van der Waals surface area contributed by atoms with Crippen LogP contribution in [0.3, 0.4) is 0 Å². The number of unbranched alkanes of at least 4 members (excludes halogenated alkanes) is 1. The molecule has 4 aliphatic rings. The van der Waals surface area contributed by atoms with Crippen LogP contribution in [0, 0.1) is 0 Å². The van der Waals surface area contributed by atoms with Crippen molar-refractivity contribution in [2.24, 2.45) is 11.5 Å². The van der Waals surface area contributed by atoms with Crippen LogP contribution in [0.15, 0.2) is 31.2 Å². The molecule has 2 aromatic heterocycles. The second-order valence-electron chi connectivity index (χ2n) is 10.4. The highest BCUT2D eigenvalue weighted by atomic mass is 32.2. The van der Waals surface area contributed by atoms with Crippen LogP contribution < -0.4 is 11.5 Å². The van der Waals surface area contributed by atoms with Crippen LogP contribution in [0.4, 0.5) is 13.2 Å². The van der Waals surface area contributed by atoms with Gasteiger partial charge in [0.25, 0.3) is 0 Å². The van der Waals surface area contributed by atoms with Crippen LogP contribution in [0.1, 0.15) is 29.8 Å². The highest BCUT2D eigenvalue weighted by Crippen LogP contribution is 2.43. The molecule has 6 rings (SSSR count). The number of rotatable bonds is 11. The van der Waals surface area contributed by atoms with Crippen molar-refractivity contribution in [2.75, 3.05) is 23.0 Å². The van der Waals surface area contributed by atoms with E-state index >= 15 is 0 Å². The first-order valence-corrected chi connectivity index (χ1v) is 19.7. The van der Waals surface area contributed by atoms with Crippen molar-refractivity contribution in [3.63, 3.8) is 0 Å². The zero-order chi connectivity index (χ0) is 34.9. The van der Waals surface area contributed by atoms with E-state index in [0.717, 1.165) is 50.8 Å². The first kappa shape index (κ1) is 36.9. The molecule has 2 unspecified atom stereocenters. The van der Waals surface area contributed by atoms with Crippen molar-refractivity contribution < 1.29 is 42.6 Å². The summed E-state index contributed by atoms with van der Waals surface area (Å²) in [7, 11) is 0. The van der Waals surface area contributed by atoms with Crippen molar-refractivity contribution in [3.05, 3.63) is 32.6 Å². The van der Waals surface area contributed by atoms with Gasteiger partial charge in [-0.2, -0.15) is 13.2 Å². The van der Waals surface area contributed by atoms with Gasteiger partial charge in [-0.1, -0.05) is 59.5 Å². The highest BCUT2D eigenvalue weighted by Gasteiger charge is 2.52. The molecule has 4 atom stereocenters. The van der Waals surface area contributed by atoms with E-state index in [0.29, 0.717) is 34.2 Å². The summed E-state index contributed by atoms with van der Waals surface area (Å²) >= 11 is 7.22. The molecule has 2 fully saturated rings. The van der Waals surface area contributed by atoms with E-state index < -0.39 is 46.5 Å². The van der Waals surface area contributed by atoms with Crippen LogP contribution in [0.5, 0.6) is 0 Å². The summed E-state index contributed by atoms with van der Waals surface area (Å²) in [6, 6.07) is -1.32. The maximum atomic E-state index is 12.5. The molecule has 0 aromatic carbocycles. The lowest BCUT2D eigenvalue weighted by Crippen LogP contribution is -2.68. The minimum absolute atomic E-state index is 0.0818. The number of carboxylic acids is 2. The number of amides is 2. The molecule has 260 valence electrons. The number of aryl methyl sites for hydroxylation is 1. The number of hydrogen-bond acceptors (Lipinski definition) is 16. The second-order valence-corrected chi connectivity index (χ2v) is 17.1. The average Bonchev–Trinajstić information content (AvgIpc) is 3.74. The van der Waals surface area contributed by atoms with Gasteiger partial charge in [0, 0.05) is 29.4 Å². The second kappa shape index (κ2) is 15.2. The third-order valence-electron chi connectivity index (χ3n) is 7.16. The Kier molecular flexibility index (Phi) is 11.7. The number of halogens is 3. The number of nitrogens with two attached hydrogens (primary N) is 2. The molecule has 6 N–H and O–H groups in total. The minimum atomic E-state index is -4.56. The average molecular weight is 785 g/mol. The molecule has 48 heavy (non-hydrogen) atoms. The lowest BCUT2D eigenvalue weighted by atomic mass is 10.0. The Labute approximate surface area is 295 Å². The fourth-order valence-electron chi connectivity index (χ4n) is 4.79. The quantitative estimate of drug-likeness (QED) is 0.190. The monoisotopic (exact) mass is 784 g/mol. The third-order valence-corrected chi connectivity index (χ3v) is 14.3. The van der Waals surface area contributed by atoms with Gasteiger partial charge in [0.2, 0.25) is 16.8 Å². The van der Waals surface area contributed by atoms with Crippen LogP contribution >= 0.6 is 69.7 Å². The summed E-state index contributed by atoms with van der Waals surface area (Å²) in [5.74, 6) is -1.62. The zero-order valence-electron chi connectivity index (χ0n) is 24.7. The molecular weight excluding hydrogens is 758 g/mol. The number of β-lactam (4-membered cyclic amide) rings is 2. The molecule has 0 radical (unpaired) electrons. The number of hydrogen-bond donors (Lipinski definition) is 4. The maximum Gasteiger partial charge on any atom is 0.445 e. The standard InChI is InChI=1S/C14H18N4O3S3.C11H9F3N4O3S3/c1-2-3-4-8-16-17-14(24-8)23-6-7-5-22-12-9(15)11(19)18(12)10(7)13(20)21;12-11(13,14)9-16-17-10(24-9)23-2-3-1-22-7-4(15)6(19)18(7)5(3)8(20)21/h9,12H,2-6,15H2,1H3,(H,20,21);4,7H,1-2,15H2,(H,20,21)/t9?,12-;4?,7-/m11/s1. The van der Waals surface area contributed by atoms with Crippen LogP contribution in [0.2, 0.25) is 0 Å². The SMILES string of the molecule is CCCCc1nnc(SCC2=C(C(=O)O)N3C(=O)C(N)[C@H]3SC2)s1.NC1C(=O)N2C(C(=O)O)=C(CSc3nnc(C(F)(F)F)s3)CS[C@H]12. The fraction of sp³-hybridized carbons (Fsp3) is 0.520. The lowest BCUT2D eigenvalue weighted by molar-refractivity contribution is -0.147. The number of carbonyl (C=O) groups excluding carboxylic acids is 2. The molecule has 4 aliphatic heterocycles. The van der Waals surface area contributed by atoms with E-state index in [1.165, 1.54) is 40.2 Å². The zero-order valence-corrected chi connectivity index (χ0v) is 29.6. The Morgan fingerprint density at radius 2 is 1.33 bits per heavy atom. The van der Waals surface area contributed by atoms with Crippen LogP contribution in [0.25, 0.3) is 0 Å². The number of nitrogens with zero attached hydrogens (tertiary/aromatic N) is 6. The number of aliphatic carboxylic acids is 2. The van der Waals surface area contributed by atoms with Crippen molar-refractivity contribution in [1.82, 2.24) is 30.2 Å². The third kappa shape index (κ3) is 7.66. The summed E-state index contributed by atoms with van der Waals surface area (Å²) < 4.78 is 38.4. The van der Waals surface area contributed by atoms with Crippen molar-refractivity contribution in [2.45, 2.75) is 63.9 Å². The van der Waals surface area contributed by atoms with Gasteiger partial charge in [-0.3, -0.25) is 19.4 Å². The Balaban J connectivity index is 0.000000188. The van der Waals surface area contributed by atoms with E-state index in [2.05, 4.69) is 27.3 Å². The molecule has 0 spiro atoms. The maximum absolute atomic E-state index is 12.5. The number of carbonyl (C=O) groups is 4. The van der Waals surface area contributed by atoms with Gasteiger partial charge in [-0.25, -0.2) is 9.59 Å². The number of aromatic nitrogens is 4. The van der Waals surface area contributed by atoms with Gasteiger partial charge in [0.05, 0.1) is 0 Å². The summed E-state index contributed by atoms with van der Waals surface area (Å²) in [5.41, 5.74) is 12.5. The normalized spacial score (nSPS) is 23.6. The Morgan fingerprint density at radius 3 is 1.77 bits per heavy atom. The van der Waals surface area contributed by atoms with E-state index in [9.17, 15) is 42.6 Å². The molecule has 6 heterocycles. The first-order valence-electron chi connectivity index (χ1n) is 14.0. The Bertz CT molecular complexity index is 1670. The number of carboxylic acid groups (broad SMARTS) is 2. The summed E-state index contributed by atoms with van der Waals surface area (Å²) in [6.45, 7) is 2.13. The van der Waals surface area contributed by atoms with Crippen LogP contribution in [-0.4, -0.2) is 110 Å². The van der Waals surface area contributed by atoms with E-state index in [4.69, 9.17) is 11.5 Å². The molecule has 2 aromatic rings. The molecular formula is C25H27F3N8O6S6. The van der Waals surface area contributed by atoms with Crippen molar-refractivity contribution in [1.29, 1.82) is 0 Å². The van der Waals surface area contributed by atoms with Gasteiger partial charge in [-0.05, 0) is 17.6 Å². The molecule has 23 heteroatoms. The first-order chi connectivity index (χ1) is 22.7. The van der Waals surface area contributed by atoms with Gasteiger partial charge in [0.1, 0.15) is 39.2 Å². The molecule has 2 saturated heterocycles. The van der Waals surface area contributed by atoms with E-state index in [-0.39, 0.29) is 32.8 Å². The fourth-order valence-corrected chi connectivity index (χ4v) is 11.3. The Hall–Kier alpha value is -2.41. The van der Waals surface area contributed by atoms with E-state index in [1.807, 2.05) is 0 Å². The summed E-state index contributed by atoms with van der Waals surface area (Å²) in [5, 5.41) is 33.0. The van der Waals surface area contributed by atoms with Crippen molar-refractivity contribution in [3.8, 4) is 0 Å². The predicted octanol–water partition coefficient (Wildman–Crippen LogP) is 2.78. The summed E-state index contributed by atoms with van der Waals surface area (Å²) in [4.78, 5) is 49.2. The summed E-state index contributed by atoms with van der Waals surface area (Å²) in [6.07, 6.45) is -1.43. The van der Waals surface area contributed by atoms with Gasteiger partial charge < -0.3 is 21.7 Å². The van der Waals surface area contributed by atoms with Crippen LogP contribution in [-0.2, 0) is 31.8 Å². The predicted molar refractivity (Wildman–Crippen MR) is 176 cm³/mol. The molecule has 0 bridgehead atoms. The highest BCUT2D eigenvalue weighted by molar-refractivity contribution is 8.02.